The fourth-order valence-electron chi connectivity index (χ4n) is 1.22. The number of carbonyl (C=O) groups is 2. The van der Waals surface area contributed by atoms with Crippen LogP contribution in [0, 0.1) is 6.92 Å². The van der Waals surface area contributed by atoms with Crippen LogP contribution in [0.4, 0.5) is 18.9 Å². The second-order valence-corrected chi connectivity index (χ2v) is 4.66. The Morgan fingerprint density at radius 2 is 2.00 bits per heavy atom. The summed E-state index contributed by atoms with van der Waals surface area (Å²) in [6.07, 6.45) is 0. The van der Waals surface area contributed by atoms with E-state index in [1.165, 1.54) is 18.2 Å². The van der Waals surface area contributed by atoms with Gasteiger partial charge in [0, 0.05) is 5.69 Å². The van der Waals surface area contributed by atoms with Crippen LogP contribution in [0.25, 0.3) is 0 Å². The highest BCUT2D eigenvalue weighted by Gasteiger charge is 2.29. The zero-order valence-electron chi connectivity index (χ0n) is 9.75. The molecule has 0 fully saturated rings. The van der Waals surface area contributed by atoms with Crippen LogP contribution in [-0.4, -0.2) is 28.2 Å². The lowest BCUT2D eigenvalue weighted by Crippen LogP contribution is -2.18. The molecular formula is C11H10F3NO3S. The molecule has 1 rings (SSSR count). The molecule has 0 aliphatic rings. The number of rotatable bonds is 4. The summed E-state index contributed by atoms with van der Waals surface area (Å²) < 4.78 is 35.7. The van der Waals surface area contributed by atoms with E-state index in [4.69, 9.17) is 5.11 Å². The van der Waals surface area contributed by atoms with Gasteiger partial charge >= 0.3 is 11.5 Å². The first-order valence-electron chi connectivity index (χ1n) is 5.03. The van der Waals surface area contributed by atoms with Gasteiger partial charge in [0.15, 0.2) is 0 Å². The first kappa shape index (κ1) is 15.4. The number of carbonyl (C=O) groups excluding carboxylic acids is 1. The van der Waals surface area contributed by atoms with Crippen LogP contribution >= 0.6 is 11.8 Å². The fourth-order valence-corrected chi connectivity index (χ4v) is 1.59. The van der Waals surface area contributed by atoms with Crippen LogP contribution in [0.2, 0.25) is 0 Å². The molecule has 0 radical (unpaired) electrons. The normalized spacial score (nSPS) is 11.2. The molecule has 0 saturated heterocycles. The van der Waals surface area contributed by atoms with Crippen LogP contribution in [0.1, 0.15) is 15.9 Å². The van der Waals surface area contributed by atoms with Gasteiger partial charge in [0.25, 0.3) is 0 Å². The highest BCUT2D eigenvalue weighted by atomic mass is 32.2. The second kappa shape index (κ2) is 5.96. The Bertz CT molecular complexity index is 502. The smallest absolute Gasteiger partial charge is 0.442 e. The predicted molar refractivity (Wildman–Crippen MR) is 65.3 cm³/mol. The van der Waals surface area contributed by atoms with Crippen molar-refractivity contribution >= 4 is 29.3 Å². The van der Waals surface area contributed by atoms with E-state index in [2.05, 4.69) is 5.32 Å². The molecule has 0 spiro atoms. The molecule has 1 aromatic carbocycles. The Morgan fingerprint density at radius 1 is 1.37 bits per heavy atom. The number of anilines is 1. The second-order valence-electron chi connectivity index (χ2n) is 3.62. The van der Waals surface area contributed by atoms with Gasteiger partial charge < -0.3 is 10.4 Å². The van der Waals surface area contributed by atoms with Crippen LogP contribution in [0.15, 0.2) is 18.2 Å². The molecule has 0 aliphatic carbocycles. The Labute approximate surface area is 111 Å². The minimum atomic E-state index is -4.48. The minimum Gasteiger partial charge on any atom is -0.478 e. The molecule has 0 heterocycles. The Balaban J connectivity index is 2.73. The number of carboxylic acid groups (broad SMARTS) is 1. The molecule has 0 aliphatic heterocycles. The first-order valence-corrected chi connectivity index (χ1v) is 6.02. The van der Waals surface area contributed by atoms with E-state index < -0.39 is 34.9 Å². The lowest BCUT2D eigenvalue weighted by atomic mass is 10.1. The molecule has 2 N–H and O–H groups in total. The standard InChI is InChI=1S/C11H10F3NO3S/c1-6-2-3-7(10(17)18)4-8(6)15-9(16)5-19-11(12,13)14/h2-4H,5H2,1H3,(H,15,16)(H,17,18). The van der Waals surface area contributed by atoms with E-state index in [0.29, 0.717) is 5.56 Å². The van der Waals surface area contributed by atoms with Crippen molar-refractivity contribution in [2.24, 2.45) is 0 Å². The van der Waals surface area contributed by atoms with E-state index in [1.807, 2.05) is 0 Å². The third-order valence-corrected chi connectivity index (χ3v) is 2.86. The summed E-state index contributed by atoms with van der Waals surface area (Å²) in [5.74, 6) is -2.80. The van der Waals surface area contributed by atoms with Crippen molar-refractivity contribution < 1.29 is 27.9 Å². The molecule has 8 heteroatoms. The summed E-state index contributed by atoms with van der Waals surface area (Å²) in [6.45, 7) is 1.61. The van der Waals surface area contributed by atoms with Crippen molar-refractivity contribution in [2.75, 3.05) is 11.1 Å². The zero-order chi connectivity index (χ0) is 14.6. The van der Waals surface area contributed by atoms with Crippen LogP contribution in [0.5, 0.6) is 0 Å². The molecule has 0 atom stereocenters. The van der Waals surface area contributed by atoms with Crippen LogP contribution < -0.4 is 5.32 Å². The maximum absolute atomic E-state index is 11.9. The van der Waals surface area contributed by atoms with Crippen molar-refractivity contribution in [3.8, 4) is 0 Å². The molecule has 0 unspecified atom stereocenters. The third kappa shape index (κ3) is 5.21. The number of halogens is 3. The Morgan fingerprint density at radius 3 is 2.53 bits per heavy atom. The van der Waals surface area contributed by atoms with E-state index in [1.54, 1.807) is 6.92 Å². The van der Waals surface area contributed by atoms with Crippen molar-refractivity contribution in [2.45, 2.75) is 12.4 Å². The van der Waals surface area contributed by atoms with Crippen molar-refractivity contribution in [1.82, 2.24) is 0 Å². The predicted octanol–water partition coefficient (Wildman–Crippen LogP) is 2.88. The quantitative estimate of drug-likeness (QED) is 0.895. The topological polar surface area (TPSA) is 66.4 Å². The fraction of sp³-hybridized carbons (Fsp3) is 0.273. The van der Waals surface area contributed by atoms with Gasteiger partial charge in [0.1, 0.15) is 0 Å². The monoisotopic (exact) mass is 293 g/mol. The highest BCUT2D eigenvalue weighted by molar-refractivity contribution is 8.00. The summed E-state index contributed by atoms with van der Waals surface area (Å²) in [5.41, 5.74) is -3.78. The van der Waals surface area contributed by atoms with Gasteiger partial charge in [-0.05, 0) is 36.4 Å². The highest BCUT2D eigenvalue weighted by Crippen LogP contribution is 2.30. The molecular weight excluding hydrogens is 283 g/mol. The van der Waals surface area contributed by atoms with Gasteiger partial charge in [-0.1, -0.05) is 6.07 Å². The number of hydrogen-bond acceptors (Lipinski definition) is 3. The van der Waals surface area contributed by atoms with Gasteiger partial charge in [-0.3, -0.25) is 4.79 Å². The lowest BCUT2D eigenvalue weighted by Gasteiger charge is -2.10. The summed E-state index contributed by atoms with van der Waals surface area (Å²) in [5, 5.41) is 11.0. The Kier molecular flexibility index (Phi) is 4.82. The molecule has 4 nitrogen and oxygen atoms in total. The first-order chi connectivity index (χ1) is 8.69. The zero-order valence-corrected chi connectivity index (χ0v) is 10.6. The summed E-state index contributed by atoms with van der Waals surface area (Å²) >= 11 is -0.451. The molecule has 19 heavy (non-hydrogen) atoms. The minimum absolute atomic E-state index is 0.0515. The maximum Gasteiger partial charge on any atom is 0.442 e. The number of amides is 1. The van der Waals surface area contributed by atoms with E-state index in [-0.39, 0.29) is 11.3 Å². The number of hydrogen-bond donors (Lipinski definition) is 2. The maximum atomic E-state index is 11.9. The van der Waals surface area contributed by atoms with E-state index in [0.717, 1.165) is 0 Å². The van der Waals surface area contributed by atoms with Crippen molar-refractivity contribution in [1.29, 1.82) is 0 Å². The van der Waals surface area contributed by atoms with Gasteiger partial charge in [0.2, 0.25) is 5.91 Å². The SMILES string of the molecule is Cc1ccc(C(=O)O)cc1NC(=O)CSC(F)(F)F. The van der Waals surface area contributed by atoms with Crippen LogP contribution in [0.3, 0.4) is 0 Å². The van der Waals surface area contributed by atoms with E-state index in [9.17, 15) is 22.8 Å². The van der Waals surface area contributed by atoms with Gasteiger partial charge in [0.05, 0.1) is 11.3 Å². The average Bonchev–Trinajstić information content (AvgIpc) is 2.28. The van der Waals surface area contributed by atoms with Crippen molar-refractivity contribution in [3.05, 3.63) is 29.3 Å². The number of aromatic carboxylic acids is 1. The summed E-state index contributed by atoms with van der Waals surface area (Å²) in [6, 6.07) is 4.02. The average molecular weight is 293 g/mol. The molecule has 1 aromatic rings. The number of alkyl halides is 3. The summed E-state index contributed by atoms with van der Waals surface area (Å²) in [4.78, 5) is 22.1. The number of aryl methyl sites for hydroxylation is 1. The van der Waals surface area contributed by atoms with E-state index >= 15 is 0 Å². The van der Waals surface area contributed by atoms with Gasteiger partial charge in [-0.25, -0.2) is 4.79 Å². The number of thioether (sulfide) groups is 1. The number of benzene rings is 1. The van der Waals surface area contributed by atoms with Crippen molar-refractivity contribution in [3.63, 3.8) is 0 Å². The number of nitrogens with one attached hydrogen (secondary N) is 1. The lowest BCUT2D eigenvalue weighted by molar-refractivity contribution is -0.114. The molecule has 1 amide bonds. The van der Waals surface area contributed by atoms with Crippen LogP contribution in [-0.2, 0) is 4.79 Å². The molecule has 104 valence electrons. The van der Waals surface area contributed by atoms with Gasteiger partial charge in [-0.2, -0.15) is 13.2 Å². The molecule has 0 saturated carbocycles. The third-order valence-electron chi connectivity index (χ3n) is 2.13. The largest absolute Gasteiger partial charge is 0.478 e. The number of carboxylic acids is 1. The molecule has 0 aromatic heterocycles. The van der Waals surface area contributed by atoms with Gasteiger partial charge in [-0.15, -0.1) is 0 Å². The Hall–Kier alpha value is -1.70. The summed E-state index contributed by atoms with van der Waals surface area (Å²) in [7, 11) is 0. The molecule has 0 bridgehead atoms.